The van der Waals surface area contributed by atoms with E-state index in [1.165, 1.54) is 11.1 Å². The number of hydrogen-bond donors (Lipinski definition) is 0. The van der Waals surface area contributed by atoms with Crippen LogP contribution in [-0.4, -0.2) is 11.6 Å². The van der Waals surface area contributed by atoms with Crippen LogP contribution in [0.1, 0.15) is 57.5 Å². The molecule has 0 heterocycles. The fourth-order valence-electron chi connectivity index (χ4n) is 3.86. The summed E-state index contributed by atoms with van der Waals surface area (Å²) in [6.45, 7) is 0. The second kappa shape index (κ2) is 5.20. The number of benzene rings is 2. The summed E-state index contributed by atoms with van der Waals surface area (Å²) >= 11 is 0. The summed E-state index contributed by atoms with van der Waals surface area (Å²) in [5.41, 5.74) is 6.40. The van der Waals surface area contributed by atoms with Gasteiger partial charge in [0.2, 0.25) is 0 Å². The van der Waals surface area contributed by atoms with E-state index in [9.17, 15) is 9.59 Å². The predicted molar refractivity (Wildman–Crippen MR) is 86.4 cm³/mol. The molecule has 110 valence electrons. The molecular weight excluding hydrogens is 272 g/mol. The molecule has 4 rings (SSSR count). The summed E-state index contributed by atoms with van der Waals surface area (Å²) in [6.07, 6.45) is 5.07. The highest BCUT2D eigenvalue weighted by molar-refractivity contribution is 6.02. The number of fused-ring (bicyclic) bond motifs is 2. The Morgan fingerprint density at radius 3 is 1.41 bits per heavy atom. The third-order valence-corrected chi connectivity index (χ3v) is 4.90. The molecule has 2 aromatic carbocycles. The van der Waals surface area contributed by atoms with E-state index in [1.807, 2.05) is 24.3 Å². The number of carbonyl (C=O) groups excluding carboxylic acids is 2. The van der Waals surface area contributed by atoms with Crippen LogP contribution in [0, 0.1) is 0 Å². The zero-order valence-corrected chi connectivity index (χ0v) is 12.5. The minimum atomic E-state index is 0.254. The van der Waals surface area contributed by atoms with Crippen LogP contribution in [0.5, 0.6) is 0 Å². The van der Waals surface area contributed by atoms with Crippen molar-refractivity contribution in [2.75, 3.05) is 0 Å². The third kappa shape index (κ3) is 2.02. The Kier molecular flexibility index (Phi) is 3.18. The Bertz CT molecular complexity index is 719. The van der Waals surface area contributed by atoms with Crippen LogP contribution in [0.4, 0.5) is 0 Å². The van der Waals surface area contributed by atoms with Crippen LogP contribution in [0.2, 0.25) is 0 Å². The van der Waals surface area contributed by atoms with E-state index in [0.29, 0.717) is 12.8 Å². The van der Waals surface area contributed by atoms with E-state index in [-0.39, 0.29) is 11.6 Å². The fourth-order valence-corrected chi connectivity index (χ4v) is 3.86. The molecule has 0 spiro atoms. The molecule has 0 bridgehead atoms. The minimum Gasteiger partial charge on any atom is -0.294 e. The number of rotatable bonds is 1. The normalized spacial score (nSPS) is 17.1. The summed E-state index contributed by atoms with van der Waals surface area (Å²) in [5, 5.41) is 0. The maximum atomic E-state index is 12.2. The standard InChI is InChI=1S/C20H18O2/c21-19-11-3-7-15-13(5-1-9-17(15)19)14-6-2-10-18-16(14)8-4-12-20(18)22/h1-2,5-6,9-10H,3-4,7-8,11-12H2. The van der Waals surface area contributed by atoms with Gasteiger partial charge < -0.3 is 0 Å². The summed E-state index contributed by atoms with van der Waals surface area (Å²) in [6, 6.07) is 12.0. The zero-order valence-electron chi connectivity index (χ0n) is 12.5. The van der Waals surface area contributed by atoms with Gasteiger partial charge in [0.05, 0.1) is 0 Å². The molecule has 22 heavy (non-hydrogen) atoms. The second-order valence-electron chi connectivity index (χ2n) is 6.22. The predicted octanol–water partition coefficient (Wildman–Crippen LogP) is 4.39. The van der Waals surface area contributed by atoms with Crippen molar-refractivity contribution in [3.8, 4) is 11.1 Å². The van der Waals surface area contributed by atoms with Crippen molar-refractivity contribution < 1.29 is 9.59 Å². The van der Waals surface area contributed by atoms with Crippen LogP contribution in [0.15, 0.2) is 36.4 Å². The quantitative estimate of drug-likeness (QED) is 0.780. The van der Waals surface area contributed by atoms with Crippen LogP contribution in [-0.2, 0) is 12.8 Å². The monoisotopic (exact) mass is 290 g/mol. The highest BCUT2D eigenvalue weighted by Gasteiger charge is 2.24. The van der Waals surface area contributed by atoms with Crippen LogP contribution < -0.4 is 0 Å². The maximum Gasteiger partial charge on any atom is 0.163 e. The van der Waals surface area contributed by atoms with Crippen LogP contribution >= 0.6 is 0 Å². The van der Waals surface area contributed by atoms with Gasteiger partial charge in [-0.1, -0.05) is 36.4 Å². The second-order valence-corrected chi connectivity index (χ2v) is 6.22. The first-order valence-electron chi connectivity index (χ1n) is 8.06. The molecule has 2 nitrogen and oxygen atoms in total. The van der Waals surface area contributed by atoms with Crippen molar-refractivity contribution in [2.24, 2.45) is 0 Å². The van der Waals surface area contributed by atoms with E-state index in [1.54, 1.807) is 0 Å². The Balaban J connectivity index is 1.94. The molecule has 2 heteroatoms. The minimum absolute atomic E-state index is 0.254. The summed E-state index contributed by atoms with van der Waals surface area (Å²) < 4.78 is 0. The highest BCUT2D eigenvalue weighted by Crippen LogP contribution is 2.36. The SMILES string of the molecule is O=C1CCCc2c1cccc2-c1cccc2c1CCCC2=O. The molecular formula is C20H18O2. The number of hydrogen-bond acceptors (Lipinski definition) is 2. The van der Waals surface area contributed by atoms with Crippen molar-refractivity contribution in [3.05, 3.63) is 58.7 Å². The van der Waals surface area contributed by atoms with Gasteiger partial charge >= 0.3 is 0 Å². The first-order chi connectivity index (χ1) is 10.8. The van der Waals surface area contributed by atoms with Gasteiger partial charge in [-0.15, -0.1) is 0 Å². The van der Waals surface area contributed by atoms with Gasteiger partial charge in [-0.25, -0.2) is 0 Å². The van der Waals surface area contributed by atoms with Crippen molar-refractivity contribution >= 4 is 11.6 Å². The van der Waals surface area contributed by atoms with Crippen molar-refractivity contribution in [1.82, 2.24) is 0 Å². The molecule has 0 fully saturated rings. The van der Waals surface area contributed by atoms with E-state index < -0.39 is 0 Å². The average molecular weight is 290 g/mol. The van der Waals surface area contributed by atoms with Gasteiger partial charge in [0.1, 0.15) is 0 Å². The smallest absolute Gasteiger partial charge is 0.163 e. The first-order valence-corrected chi connectivity index (χ1v) is 8.06. The summed E-state index contributed by atoms with van der Waals surface area (Å²) in [7, 11) is 0. The molecule has 2 aromatic rings. The lowest BCUT2D eigenvalue weighted by Gasteiger charge is -2.23. The molecule has 2 aliphatic carbocycles. The molecule has 0 aliphatic heterocycles. The molecule has 0 saturated carbocycles. The largest absolute Gasteiger partial charge is 0.294 e. The fraction of sp³-hybridized carbons (Fsp3) is 0.300. The Morgan fingerprint density at radius 2 is 0.955 bits per heavy atom. The van der Waals surface area contributed by atoms with Gasteiger partial charge in [-0.05, 0) is 47.9 Å². The third-order valence-electron chi connectivity index (χ3n) is 4.90. The number of ketones is 2. The lowest BCUT2D eigenvalue weighted by Crippen LogP contribution is -2.14. The van der Waals surface area contributed by atoms with E-state index in [0.717, 1.165) is 47.9 Å². The Hall–Kier alpha value is -2.22. The van der Waals surface area contributed by atoms with Gasteiger partial charge in [0.25, 0.3) is 0 Å². The van der Waals surface area contributed by atoms with Gasteiger partial charge in [0.15, 0.2) is 11.6 Å². The summed E-state index contributed by atoms with van der Waals surface area (Å²) in [5.74, 6) is 0.507. The topological polar surface area (TPSA) is 34.1 Å². The Morgan fingerprint density at radius 1 is 0.545 bits per heavy atom. The molecule has 0 saturated heterocycles. The molecule has 0 atom stereocenters. The van der Waals surface area contributed by atoms with Crippen LogP contribution in [0.25, 0.3) is 11.1 Å². The van der Waals surface area contributed by atoms with E-state index in [2.05, 4.69) is 12.1 Å². The molecule has 0 unspecified atom stereocenters. The van der Waals surface area contributed by atoms with E-state index in [4.69, 9.17) is 0 Å². The molecule has 0 aromatic heterocycles. The van der Waals surface area contributed by atoms with E-state index >= 15 is 0 Å². The Labute approximate surface area is 130 Å². The van der Waals surface area contributed by atoms with Crippen molar-refractivity contribution in [2.45, 2.75) is 38.5 Å². The van der Waals surface area contributed by atoms with Crippen molar-refractivity contribution in [1.29, 1.82) is 0 Å². The van der Waals surface area contributed by atoms with Gasteiger partial charge in [0, 0.05) is 24.0 Å². The molecule has 2 aliphatic rings. The number of carbonyl (C=O) groups is 2. The molecule has 0 radical (unpaired) electrons. The number of Topliss-reactive ketones (excluding diaryl/α,β-unsaturated/α-hetero) is 2. The maximum absolute atomic E-state index is 12.2. The van der Waals surface area contributed by atoms with Gasteiger partial charge in [-0.3, -0.25) is 9.59 Å². The zero-order chi connectivity index (χ0) is 15.1. The average Bonchev–Trinajstić information content (AvgIpc) is 2.55. The summed E-state index contributed by atoms with van der Waals surface area (Å²) in [4.78, 5) is 24.3. The molecule has 0 amide bonds. The van der Waals surface area contributed by atoms with Crippen LogP contribution in [0.3, 0.4) is 0 Å². The molecule has 0 N–H and O–H groups in total. The lowest BCUT2D eigenvalue weighted by atomic mass is 9.80. The highest BCUT2D eigenvalue weighted by atomic mass is 16.1. The lowest BCUT2D eigenvalue weighted by molar-refractivity contribution is 0.0964. The van der Waals surface area contributed by atoms with Crippen molar-refractivity contribution in [3.63, 3.8) is 0 Å². The first kappa shape index (κ1) is 13.4. The van der Waals surface area contributed by atoms with Gasteiger partial charge in [-0.2, -0.15) is 0 Å².